The van der Waals surface area contributed by atoms with E-state index in [1.54, 1.807) is 0 Å². The molecule has 0 spiro atoms. The van der Waals surface area contributed by atoms with E-state index < -0.39 is 21.1 Å². The van der Waals surface area contributed by atoms with E-state index in [2.05, 4.69) is 9.70 Å². The lowest BCUT2D eigenvalue weighted by Gasteiger charge is -2.15. The van der Waals surface area contributed by atoms with Crippen molar-refractivity contribution >= 4 is 21.9 Å². The van der Waals surface area contributed by atoms with Crippen LogP contribution in [0.3, 0.4) is 0 Å². The highest BCUT2D eigenvalue weighted by Gasteiger charge is 2.29. The number of fused-ring (bicyclic) bond motifs is 3. The summed E-state index contributed by atoms with van der Waals surface area (Å²) in [6.07, 6.45) is -0.853. The van der Waals surface area contributed by atoms with Crippen molar-refractivity contribution in [2.24, 2.45) is 0 Å². The average Bonchev–Trinajstić information content (AvgIpc) is 3.06. The second kappa shape index (κ2) is 7.65. The van der Waals surface area contributed by atoms with Crippen LogP contribution in [0, 0.1) is 0 Å². The van der Waals surface area contributed by atoms with Gasteiger partial charge in [-0.3, -0.25) is 5.32 Å². The second-order valence-corrected chi connectivity index (χ2v) is 7.94. The number of ether oxygens (including phenoxy) is 1. The van der Waals surface area contributed by atoms with Gasteiger partial charge >= 0.3 is 16.2 Å². The van der Waals surface area contributed by atoms with Gasteiger partial charge in [0.1, 0.15) is 11.5 Å². The minimum atomic E-state index is -4.62. The van der Waals surface area contributed by atoms with Crippen molar-refractivity contribution in [3.05, 3.63) is 83.9 Å². The zero-order chi connectivity index (χ0) is 20.4. The van der Waals surface area contributed by atoms with Crippen LogP contribution in [-0.4, -0.2) is 21.1 Å². The fourth-order valence-corrected chi connectivity index (χ4v) is 4.27. The van der Waals surface area contributed by atoms with Crippen molar-refractivity contribution in [2.45, 2.75) is 10.8 Å². The van der Waals surface area contributed by atoms with Gasteiger partial charge in [0, 0.05) is 5.92 Å². The molecule has 0 atom stereocenters. The Balaban J connectivity index is 1.52. The molecule has 148 valence electrons. The number of nitrogens with one attached hydrogen (secondary N) is 1. The van der Waals surface area contributed by atoms with Gasteiger partial charge in [0.15, 0.2) is 0 Å². The summed E-state index contributed by atoms with van der Waals surface area (Å²) in [4.78, 5) is 11.8. The highest BCUT2D eigenvalue weighted by Crippen LogP contribution is 2.44. The van der Waals surface area contributed by atoms with E-state index in [-0.39, 0.29) is 18.2 Å². The molecule has 4 rings (SSSR count). The van der Waals surface area contributed by atoms with E-state index >= 15 is 0 Å². The molecule has 1 aliphatic carbocycles. The zero-order valence-electron chi connectivity index (χ0n) is 15.0. The average molecular weight is 413 g/mol. The van der Waals surface area contributed by atoms with Gasteiger partial charge in [-0.15, -0.1) is 0 Å². The molecule has 0 saturated carbocycles. The summed E-state index contributed by atoms with van der Waals surface area (Å²) in [5, 5.41) is 2.34. The molecule has 0 radical (unpaired) electrons. The molecular weight excluding hydrogens is 397 g/mol. The fraction of sp³-hybridized carbons (Fsp3) is 0.0952. The monoisotopic (exact) mass is 413 g/mol. The summed E-state index contributed by atoms with van der Waals surface area (Å²) in [5.41, 5.74) is 4.15. The topological polar surface area (TPSA) is 81.7 Å². The van der Waals surface area contributed by atoms with E-state index in [1.807, 2.05) is 48.5 Å². The predicted molar refractivity (Wildman–Crippen MR) is 105 cm³/mol. The van der Waals surface area contributed by atoms with Crippen LogP contribution in [0.25, 0.3) is 11.1 Å². The number of anilines is 1. The van der Waals surface area contributed by atoms with Gasteiger partial charge in [0.25, 0.3) is 0 Å². The van der Waals surface area contributed by atoms with Gasteiger partial charge < -0.3 is 4.74 Å². The highest BCUT2D eigenvalue weighted by molar-refractivity contribution is 7.86. The van der Waals surface area contributed by atoms with Crippen LogP contribution in [0.5, 0.6) is 0 Å². The third-order valence-electron chi connectivity index (χ3n) is 4.82. The third kappa shape index (κ3) is 3.59. The molecule has 29 heavy (non-hydrogen) atoms. The minimum Gasteiger partial charge on any atom is -0.448 e. The summed E-state index contributed by atoms with van der Waals surface area (Å²) in [7, 11) is -4.62. The number of benzene rings is 3. The van der Waals surface area contributed by atoms with Crippen molar-refractivity contribution in [1.29, 1.82) is 0 Å². The number of halogens is 1. The molecule has 0 fully saturated rings. The smallest absolute Gasteiger partial charge is 0.411 e. The van der Waals surface area contributed by atoms with Crippen LogP contribution in [0.4, 0.5) is 15.0 Å². The molecule has 3 aromatic carbocycles. The first kappa shape index (κ1) is 19.1. The van der Waals surface area contributed by atoms with Crippen LogP contribution < -0.4 is 5.32 Å². The molecule has 1 aliphatic rings. The Labute approximate surface area is 166 Å². The van der Waals surface area contributed by atoms with Crippen molar-refractivity contribution in [3.63, 3.8) is 0 Å². The van der Waals surface area contributed by atoms with Crippen LogP contribution in [-0.2, 0) is 19.2 Å². The number of rotatable bonds is 5. The number of carbonyl (C=O) groups excluding carboxylic acids is 1. The molecule has 1 amide bonds. The Morgan fingerprint density at radius 2 is 1.45 bits per heavy atom. The number of amides is 1. The van der Waals surface area contributed by atoms with Gasteiger partial charge in [-0.05, 0) is 38.9 Å². The first-order chi connectivity index (χ1) is 14.0. The Kier molecular flexibility index (Phi) is 5.04. The molecule has 0 saturated heterocycles. The molecule has 6 nitrogen and oxygen atoms in total. The molecule has 0 aliphatic heterocycles. The molecule has 0 bridgehead atoms. The van der Waals surface area contributed by atoms with E-state index in [0.29, 0.717) is 0 Å². The van der Waals surface area contributed by atoms with Crippen molar-refractivity contribution in [3.8, 4) is 11.1 Å². The maximum atomic E-state index is 12.4. The molecular formula is C21H16FNO5S. The van der Waals surface area contributed by atoms with Crippen LogP contribution >= 0.6 is 0 Å². The summed E-state index contributed by atoms with van der Waals surface area (Å²) in [5.74, 6) is -0.138. The van der Waals surface area contributed by atoms with E-state index in [9.17, 15) is 17.7 Å². The van der Waals surface area contributed by atoms with Crippen molar-refractivity contribution in [1.82, 2.24) is 0 Å². The van der Waals surface area contributed by atoms with Gasteiger partial charge in [0.2, 0.25) is 0 Å². The maximum Gasteiger partial charge on any atom is 0.411 e. The Bertz CT molecular complexity index is 1130. The first-order valence-electron chi connectivity index (χ1n) is 8.77. The SMILES string of the molecule is O=C(Nc1ccccc1S(=O)(=O)OF)OCC1c2ccccc2-c2ccccc21. The summed E-state index contributed by atoms with van der Waals surface area (Å²) < 4.78 is 44.1. The number of para-hydroxylation sites is 1. The lowest BCUT2D eigenvalue weighted by molar-refractivity contribution is 0.00293. The lowest BCUT2D eigenvalue weighted by Crippen LogP contribution is -2.19. The Hall–Kier alpha value is -3.23. The van der Waals surface area contributed by atoms with E-state index in [0.717, 1.165) is 28.3 Å². The molecule has 3 aromatic rings. The van der Waals surface area contributed by atoms with Gasteiger partial charge in [-0.1, -0.05) is 65.1 Å². The maximum absolute atomic E-state index is 12.4. The van der Waals surface area contributed by atoms with Gasteiger partial charge in [-0.25, -0.2) is 4.79 Å². The van der Waals surface area contributed by atoms with Gasteiger partial charge in [0.05, 0.1) is 5.69 Å². The minimum absolute atomic E-state index is 0.0639. The Morgan fingerprint density at radius 1 is 0.897 bits per heavy atom. The van der Waals surface area contributed by atoms with E-state index in [1.165, 1.54) is 18.2 Å². The third-order valence-corrected chi connectivity index (χ3v) is 5.88. The van der Waals surface area contributed by atoms with E-state index in [4.69, 9.17) is 4.74 Å². The predicted octanol–water partition coefficient (Wildman–Crippen LogP) is 4.64. The standard InChI is InChI=1S/C21H16FNO5S/c22-28-29(25,26)20-12-6-5-11-19(20)23-21(24)27-13-18-16-9-3-1-7-14(16)15-8-2-4-10-17(15)18/h1-12,18H,13H2,(H,23,24). The summed E-state index contributed by atoms with van der Waals surface area (Å²) in [6, 6.07) is 21.1. The van der Waals surface area contributed by atoms with Gasteiger partial charge in [-0.2, -0.15) is 8.42 Å². The number of hydrogen-bond acceptors (Lipinski definition) is 5. The summed E-state index contributed by atoms with van der Waals surface area (Å²) >= 11 is 0. The Morgan fingerprint density at radius 3 is 2.07 bits per heavy atom. The largest absolute Gasteiger partial charge is 0.448 e. The molecule has 1 N–H and O–H groups in total. The van der Waals surface area contributed by atoms with Crippen LogP contribution in [0.1, 0.15) is 17.0 Å². The van der Waals surface area contributed by atoms with Crippen molar-refractivity contribution < 1.29 is 26.9 Å². The normalized spacial score (nSPS) is 12.9. The molecule has 0 heterocycles. The summed E-state index contributed by atoms with van der Waals surface area (Å²) in [6.45, 7) is 0.0639. The van der Waals surface area contributed by atoms with Crippen molar-refractivity contribution in [2.75, 3.05) is 11.9 Å². The quantitative estimate of drug-likeness (QED) is 0.659. The number of hydrogen-bond donors (Lipinski definition) is 1. The molecule has 0 aromatic heterocycles. The first-order valence-corrected chi connectivity index (χ1v) is 10.2. The zero-order valence-corrected chi connectivity index (χ0v) is 15.9. The number of carbonyl (C=O) groups is 1. The second-order valence-electron chi connectivity index (χ2n) is 6.46. The lowest BCUT2D eigenvalue weighted by atomic mass is 9.98. The fourth-order valence-electron chi connectivity index (χ4n) is 3.57. The molecule has 8 heteroatoms. The molecule has 0 unspecified atom stereocenters. The van der Waals surface area contributed by atoms with Crippen LogP contribution in [0.15, 0.2) is 77.7 Å². The van der Waals surface area contributed by atoms with Crippen LogP contribution in [0.2, 0.25) is 0 Å². The highest BCUT2D eigenvalue weighted by atomic mass is 32.2.